The Bertz CT molecular complexity index is 1100. The molecule has 0 unspecified atom stereocenters. The molecule has 0 aromatic heterocycles. The summed E-state index contributed by atoms with van der Waals surface area (Å²) in [6, 6.07) is 21.8. The van der Waals surface area contributed by atoms with Gasteiger partial charge in [-0.25, -0.2) is 0 Å². The van der Waals surface area contributed by atoms with Crippen molar-refractivity contribution in [2.24, 2.45) is 0 Å². The standard InChI is InChI=1S/C27H30N2O5/c1-19(2)29(17-20-8-6-5-7-9-20)27(31)21-10-15-24(25(16-21)33-4)34-18-26(30)28-22-11-13-23(32-3)14-12-22/h5-16,19H,17-18H2,1-4H3,(H,28,30). The van der Waals surface area contributed by atoms with Crippen LogP contribution in [0.4, 0.5) is 5.69 Å². The van der Waals surface area contributed by atoms with Crippen molar-refractivity contribution in [3.8, 4) is 17.2 Å². The van der Waals surface area contributed by atoms with E-state index in [9.17, 15) is 9.59 Å². The van der Waals surface area contributed by atoms with Gasteiger partial charge in [0.25, 0.3) is 11.8 Å². The third-order valence-electron chi connectivity index (χ3n) is 5.22. The van der Waals surface area contributed by atoms with Gasteiger partial charge in [0, 0.05) is 23.8 Å². The summed E-state index contributed by atoms with van der Waals surface area (Å²) < 4.78 is 16.2. The second-order valence-corrected chi connectivity index (χ2v) is 7.94. The van der Waals surface area contributed by atoms with Gasteiger partial charge in [0.2, 0.25) is 0 Å². The first-order valence-corrected chi connectivity index (χ1v) is 11.0. The third-order valence-corrected chi connectivity index (χ3v) is 5.22. The molecule has 7 nitrogen and oxygen atoms in total. The summed E-state index contributed by atoms with van der Waals surface area (Å²) in [5, 5.41) is 2.76. The molecular weight excluding hydrogens is 432 g/mol. The number of nitrogens with zero attached hydrogens (tertiary/aromatic N) is 1. The van der Waals surface area contributed by atoms with Crippen LogP contribution < -0.4 is 19.5 Å². The maximum absolute atomic E-state index is 13.2. The van der Waals surface area contributed by atoms with E-state index < -0.39 is 0 Å². The van der Waals surface area contributed by atoms with E-state index in [1.54, 1.807) is 54.5 Å². The summed E-state index contributed by atoms with van der Waals surface area (Å²) in [6.07, 6.45) is 0. The minimum atomic E-state index is -0.318. The molecule has 7 heteroatoms. The molecule has 0 aliphatic heterocycles. The molecule has 1 N–H and O–H groups in total. The van der Waals surface area contributed by atoms with Gasteiger partial charge < -0.3 is 24.4 Å². The average Bonchev–Trinajstić information content (AvgIpc) is 2.86. The molecule has 0 radical (unpaired) electrons. The SMILES string of the molecule is COc1ccc(NC(=O)COc2ccc(C(=O)N(Cc3ccccc3)C(C)C)cc2OC)cc1. The van der Waals surface area contributed by atoms with Gasteiger partial charge in [0.05, 0.1) is 14.2 Å². The number of carbonyl (C=O) groups is 2. The van der Waals surface area contributed by atoms with E-state index in [0.717, 1.165) is 5.56 Å². The highest BCUT2D eigenvalue weighted by atomic mass is 16.5. The van der Waals surface area contributed by atoms with Gasteiger partial charge in [-0.2, -0.15) is 0 Å². The van der Waals surface area contributed by atoms with Crippen LogP contribution in [0.3, 0.4) is 0 Å². The van der Waals surface area contributed by atoms with Crippen molar-refractivity contribution < 1.29 is 23.8 Å². The average molecular weight is 463 g/mol. The first-order chi connectivity index (χ1) is 16.4. The number of amides is 2. The molecule has 0 atom stereocenters. The minimum absolute atomic E-state index is 0.0104. The van der Waals surface area contributed by atoms with Crippen LogP contribution in [0, 0.1) is 0 Å². The Labute approximate surface area is 200 Å². The number of carbonyl (C=O) groups excluding carboxylic acids is 2. The molecule has 3 rings (SSSR count). The number of nitrogens with one attached hydrogen (secondary N) is 1. The van der Waals surface area contributed by atoms with Crippen molar-refractivity contribution in [2.75, 3.05) is 26.1 Å². The highest BCUT2D eigenvalue weighted by Crippen LogP contribution is 2.29. The molecule has 34 heavy (non-hydrogen) atoms. The van der Waals surface area contributed by atoms with E-state index >= 15 is 0 Å². The zero-order valence-corrected chi connectivity index (χ0v) is 19.9. The van der Waals surface area contributed by atoms with Gasteiger partial charge in [0.15, 0.2) is 18.1 Å². The van der Waals surface area contributed by atoms with Crippen molar-refractivity contribution in [1.82, 2.24) is 4.90 Å². The Balaban J connectivity index is 1.66. The smallest absolute Gasteiger partial charge is 0.262 e. The summed E-state index contributed by atoms with van der Waals surface area (Å²) >= 11 is 0. The van der Waals surface area contributed by atoms with Crippen LogP contribution in [0.25, 0.3) is 0 Å². The fourth-order valence-corrected chi connectivity index (χ4v) is 3.37. The second-order valence-electron chi connectivity index (χ2n) is 7.94. The normalized spacial score (nSPS) is 10.5. The first-order valence-electron chi connectivity index (χ1n) is 11.0. The van der Waals surface area contributed by atoms with Crippen molar-refractivity contribution in [3.63, 3.8) is 0 Å². The number of ether oxygens (including phenoxy) is 3. The summed E-state index contributed by atoms with van der Waals surface area (Å²) in [5.74, 6) is 1.03. The molecule has 178 valence electrons. The first kappa shape index (κ1) is 24.6. The third kappa shape index (κ3) is 6.51. The predicted octanol–water partition coefficient (Wildman–Crippen LogP) is 4.77. The maximum Gasteiger partial charge on any atom is 0.262 e. The van der Waals surface area contributed by atoms with Crippen LogP contribution in [0.1, 0.15) is 29.8 Å². The lowest BCUT2D eigenvalue weighted by molar-refractivity contribution is -0.118. The molecule has 2 amide bonds. The van der Waals surface area contributed by atoms with Crippen LogP contribution in [0.2, 0.25) is 0 Å². The molecule has 0 saturated carbocycles. The lowest BCUT2D eigenvalue weighted by Gasteiger charge is -2.27. The van der Waals surface area contributed by atoms with E-state index in [2.05, 4.69) is 5.32 Å². The van der Waals surface area contributed by atoms with Crippen molar-refractivity contribution in [2.45, 2.75) is 26.4 Å². The van der Waals surface area contributed by atoms with Gasteiger partial charge in [-0.3, -0.25) is 9.59 Å². The number of hydrogen-bond donors (Lipinski definition) is 1. The monoisotopic (exact) mass is 462 g/mol. The molecule has 0 spiro atoms. The Morgan fingerprint density at radius 2 is 1.59 bits per heavy atom. The molecule has 0 bridgehead atoms. The van der Waals surface area contributed by atoms with E-state index in [1.807, 2.05) is 44.2 Å². The molecular formula is C27H30N2O5. The molecule has 3 aromatic rings. The molecule has 3 aromatic carbocycles. The van der Waals surface area contributed by atoms with E-state index in [4.69, 9.17) is 14.2 Å². The predicted molar refractivity (Wildman–Crippen MR) is 132 cm³/mol. The number of anilines is 1. The van der Waals surface area contributed by atoms with Gasteiger partial charge in [0.1, 0.15) is 5.75 Å². The fraction of sp³-hybridized carbons (Fsp3) is 0.259. The Hall–Kier alpha value is -4.00. The van der Waals surface area contributed by atoms with Crippen LogP contribution in [0.15, 0.2) is 72.8 Å². The zero-order valence-electron chi connectivity index (χ0n) is 19.9. The van der Waals surface area contributed by atoms with Gasteiger partial charge in [-0.15, -0.1) is 0 Å². The summed E-state index contributed by atoms with van der Waals surface area (Å²) in [7, 11) is 3.08. The number of benzene rings is 3. The molecule has 0 aliphatic carbocycles. The van der Waals surface area contributed by atoms with Crippen molar-refractivity contribution in [1.29, 1.82) is 0 Å². The zero-order chi connectivity index (χ0) is 24.5. The summed E-state index contributed by atoms with van der Waals surface area (Å²) in [5.41, 5.74) is 2.17. The summed E-state index contributed by atoms with van der Waals surface area (Å²) in [4.78, 5) is 27.3. The largest absolute Gasteiger partial charge is 0.497 e. The van der Waals surface area contributed by atoms with Crippen LogP contribution >= 0.6 is 0 Å². The fourth-order valence-electron chi connectivity index (χ4n) is 3.37. The van der Waals surface area contributed by atoms with Gasteiger partial charge in [-0.1, -0.05) is 30.3 Å². The lowest BCUT2D eigenvalue weighted by Crippen LogP contribution is -2.36. The minimum Gasteiger partial charge on any atom is -0.497 e. The number of hydrogen-bond acceptors (Lipinski definition) is 5. The number of rotatable bonds is 10. The van der Waals surface area contributed by atoms with Gasteiger partial charge >= 0.3 is 0 Å². The molecule has 0 heterocycles. The quantitative estimate of drug-likeness (QED) is 0.470. The Morgan fingerprint density at radius 1 is 0.882 bits per heavy atom. The Kier molecular flexibility index (Phi) is 8.51. The van der Waals surface area contributed by atoms with Crippen LogP contribution in [-0.4, -0.2) is 43.6 Å². The van der Waals surface area contributed by atoms with Crippen LogP contribution in [0.5, 0.6) is 17.2 Å². The maximum atomic E-state index is 13.2. The highest BCUT2D eigenvalue weighted by molar-refractivity contribution is 5.95. The van der Waals surface area contributed by atoms with Crippen LogP contribution in [-0.2, 0) is 11.3 Å². The topological polar surface area (TPSA) is 77.1 Å². The van der Waals surface area contributed by atoms with E-state index in [-0.39, 0.29) is 24.5 Å². The highest BCUT2D eigenvalue weighted by Gasteiger charge is 2.21. The molecule has 0 fully saturated rings. The van der Waals surface area contributed by atoms with Crippen molar-refractivity contribution in [3.05, 3.63) is 83.9 Å². The van der Waals surface area contributed by atoms with E-state index in [1.165, 1.54) is 7.11 Å². The second kappa shape index (κ2) is 11.7. The molecule has 0 saturated heterocycles. The van der Waals surface area contributed by atoms with Crippen molar-refractivity contribution >= 4 is 17.5 Å². The lowest BCUT2D eigenvalue weighted by atomic mass is 10.1. The summed E-state index contributed by atoms with van der Waals surface area (Å²) in [6.45, 7) is 4.26. The van der Waals surface area contributed by atoms with E-state index in [0.29, 0.717) is 35.0 Å². The molecule has 0 aliphatic rings. The number of methoxy groups -OCH3 is 2. The Morgan fingerprint density at radius 3 is 2.21 bits per heavy atom. The van der Waals surface area contributed by atoms with Gasteiger partial charge in [-0.05, 0) is 61.9 Å².